The molecule has 0 aliphatic heterocycles. The number of para-hydroxylation sites is 1. The molecule has 2 rings (SSSR count). The van der Waals surface area contributed by atoms with Gasteiger partial charge in [0.25, 0.3) is 0 Å². The molecule has 1 N–H and O–H groups in total. The number of hydrogen-bond acceptors (Lipinski definition) is 15. The number of anilines is 2. The number of rotatable bonds is 37. The minimum Gasteiger partial charge on any atom is -0.460 e. The summed E-state index contributed by atoms with van der Waals surface area (Å²) in [4.78, 5) is 23.4. The molecule has 2 aromatic rings. The van der Waals surface area contributed by atoms with Gasteiger partial charge in [-0.3, -0.25) is 0 Å². The number of esters is 2. The Labute approximate surface area is 331 Å². The fourth-order valence-corrected chi connectivity index (χ4v) is 4.31. The molecule has 0 atom stereocenters. The van der Waals surface area contributed by atoms with Gasteiger partial charge < -0.3 is 62.2 Å². The number of ether oxygens (including phenoxy) is 12. The van der Waals surface area contributed by atoms with Crippen molar-refractivity contribution in [2.45, 2.75) is 6.18 Å². The van der Waals surface area contributed by atoms with Crippen LogP contribution in [-0.2, 0) is 67.8 Å². The molecule has 15 nitrogen and oxygen atoms in total. The molecule has 0 heterocycles. The Kier molecular flexibility index (Phi) is 28.9. The summed E-state index contributed by atoms with van der Waals surface area (Å²) < 4.78 is 103. The van der Waals surface area contributed by atoms with Gasteiger partial charge in [-0.15, -0.1) is 0 Å². The van der Waals surface area contributed by atoms with Crippen molar-refractivity contribution in [1.82, 2.24) is 0 Å². The monoisotopic (exact) mass is 819 g/mol. The van der Waals surface area contributed by atoms with Gasteiger partial charge in [-0.05, 0) is 30.3 Å². The van der Waals surface area contributed by atoms with Gasteiger partial charge in [-0.2, -0.15) is 13.2 Å². The topological polar surface area (TPSA) is 157 Å². The Balaban J connectivity index is 1.27. The van der Waals surface area contributed by atoms with E-state index in [4.69, 9.17) is 56.8 Å². The first-order valence-electron chi connectivity index (χ1n) is 18.6. The lowest BCUT2D eigenvalue weighted by Gasteiger charge is -2.13. The smallest absolute Gasteiger partial charge is 0.416 e. The van der Waals surface area contributed by atoms with E-state index in [1.54, 1.807) is 18.2 Å². The second-order valence-corrected chi connectivity index (χ2v) is 11.4. The molecule has 0 aliphatic rings. The van der Waals surface area contributed by atoms with Crippen molar-refractivity contribution in [3.8, 4) is 0 Å². The molecule has 0 bridgehead atoms. The molecule has 322 valence electrons. The maximum atomic E-state index is 13.1. The zero-order valence-corrected chi connectivity index (χ0v) is 32.3. The first-order chi connectivity index (χ1) is 27.8. The van der Waals surface area contributed by atoms with Crippen LogP contribution in [0.3, 0.4) is 0 Å². The lowest BCUT2D eigenvalue weighted by molar-refractivity contribution is -0.139. The first-order valence-corrected chi connectivity index (χ1v) is 18.6. The third-order valence-corrected chi connectivity index (χ3v) is 7.06. The predicted octanol–water partition coefficient (Wildman–Crippen LogP) is 4.50. The number of halogens is 3. The highest BCUT2D eigenvalue weighted by atomic mass is 19.4. The van der Waals surface area contributed by atoms with E-state index < -0.39 is 23.7 Å². The molecule has 57 heavy (non-hydrogen) atoms. The molecule has 0 saturated carbocycles. The SMILES string of the molecule is C=CC(=O)OCCOCCOCCOCCOCCOCCOCCOCCOCCOCCOCCOC(=O)c1ccccc1Nc1cccc(C(F)(F)F)c1. The van der Waals surface area contributed by atoms with Gasteiger partial charge in [-0.1, -0.05) is 24.8 Å². The molecule has 18 heteroatoms. The van der Waals surface area contributed by atoms with Crippen LogP contribution in [-0.4, -0.2) is 157 Å². The summed E-state index contributed by atoms with van der Waals surface area (Å²) in [5.41, 5.74) is -0.110. The minimum absolute atomic E-state index is 0.00845. The largest absolute Gasteiger partial charge is 0.460 e. The maximum Gasteiger partial charge on any atom is 0.416 e. The van der Waals surface area contributed by atoms with E-state index in [0.717, 1.165) is 18.2 Å². The van der Waals surface area contributed by atoms with Gasteiger partial charge in [-0.25, -0.2) is 9.59 Å². The first kappa shape index (κ1) is 49.5. The average molecular weight is 820 g/mol. The van der Waals surface area contributed by atoms with Crippen molar-refractivity contribution in [3.63, 3.8) is 0 Å². The van der Waals surface area contributed by atoms with E-state index in [9.17, 15) is 22.8 Å². The van der Waals surface area contributed by atoms with Crippen LogP contribution in [0.5, 0.6) is 0 Å². The normalized spacial score (nSPS) is 11.4. The molecule has 0 unspecified atom stereocenters. The number of benzene rings is 2. The Morgan fingerprint density at radius 3 is 1.26 bits per heavy atom. The van der Waals surface area contributed by atoms with E-state index in [1.807, 2.05) is 0 Å². The Bertz CT molecular complexity index is 1340. The van der Waals surface area contributed by atoms with Crippen LogP contribution in [0.15, 0.2) is 61.2 Å². The van der Waals surface area contributed by atoms with Gasteiger partial charge in [0.15, 0.2) is 0 Å². The summed E-state index contributed by atoms with van der Waals surface area (Å²) in [6.45, 7) is 11.5. The highest BCUT2D eigenvalue weighted by Crippen LogP contribution is 2.32. The molecule has 0 aliphatic carbocycles. The van der Waals surface area contributed by atoms with Gasteiger partial charge in [0, 0.05) is 11.8 Å². The zero-order valence-electron chi connectivity index (χ0n) is 32.3. The van der Waals surface area contributed by atoms with Gasteiger partial charge in [0.1, 0.15) is 13.2 Å². The molecule has 0 aromatic heterocycles. The summed E-state index contributed by atoms with van der Waals surface area (Å²) >= 11 is 0. The summed E-state index contributed by atoms with van der Waals surface area (Å²) in [6.07, 6.45) is -3.38. The fourth-order valence-electron chi connectivity index (χ4n) is 4.31. The molecule has 0 amide bonds. The van der Waals surface area contributed by atoms with Crippen molar-refractivity contribution in [2.24, 2.45) is 0 Å². The second kappa shape index (κ2) is 33.3. The third kappa shape index (κ3) is 26.8. The standard InChI is InChI=1S/C39H56F3NO14/c1-2-37(44)56-30-28-54-26-24-52-22-20-50-18-16-48-14-12-46-10-11-47-13-15-49-17-19-51-21-23-53-25-27-55-29-31-57-38(45)35-8-3-4-9-36(35)43-34-7-5-6-33(32-34)39(40,41)42/h2-9,32,43H,1,10-31H2. The number of hydrogen-bond donors (Lipinski definition) is 1. The number of carbonyl (C=O) groups excluding carboxylic acids is 2. The summed E-state index contributed by atoms with van der Waals surface area (Å²) in [7, 11) is 0. The quantitative estimate of drug-likeness (QED) is 0.0577. The van der Waals surface area contributed by atoms with Gasteiger partial charge >= 0.3 is 18.1 Å². The summed E-state index contributed by atoms with van der Waals surface area (Å²) in [5, 5.41) is 2.85. The summed E-state index contributed by atoms with van der Waals surface area (Å²) in [6, 6.07) is 11.1. The van der Waals surface area contributed by atoms with Crippen molar-refractivity contribution in [1.29, 1.82) is 0 Å². The van der Waals surface area contributed by atoms with Crippen LogP contribution >= 0.6 is 0 Å². The maximum absolute atomic E-state index is 13.1. The predicted molar refractivity (Wildman–Crippen MR) is 201 cm³/mol. The lowest BCUT2D eigenvalue weighted by Crippen LogP contribution is -2.16. The number of alkyl halides is 3. The number of carbonyl (C=O) groups is 2. The van der Waals surface area contributed by atoms with Gasteiger partial charge in [0.2, 0.25) is 0 Å². The van der Waals surface area contributed by atoms with Crippen LogP contribution in [0.1, 0.15) is 15.9 Å². The van der Waals surface area contributed by atoms with Crippen molar-refractivity contribution in [2.75, 3.05) is 151 Å². The van der Waals surface area contributed by atoms with Crippen LogP contribution in [0.4, 0.5) is 24.5 Å². The highest BCUT2D eigenvalue weighted by Gasteiger charge is 2.30. The van der Waals surface area contributed by atoms with Gasteiger partial charge in [0.05, 0.1) is 149 Å². The average Bonchev–Trinajstić information content (AvgIpc) is 3.20. The molecule has 0 radical (unpaired) electrons. The minimum atomic E-state index is -4.48. The van der Waals surface area contributed by atoms with E-state index in [0.29, 0.717) is 131 Å². The molecule has 0 fully saturated rings. The zero-order chi connectivity index (χ0) is 41.1. The van der Waals surface area contributed by atoms with Crippen LogP contribution in [0.25, 0.3) is 0 Å². The molecule has 2 aromatic carbocycles. The molecule has 0 saturated heterocycles. The van der Waals surface area contributed by atoms with Crippen LogP contribution in [0.2, 0.25) is 0 Å². The van der Waals surface area contributed by atoms with Crippen LogP contribution < -0.4 is 5.32 Å². The Morgan fingerprint density at radius 2 is 0.877 bits per heavy atom. The third-order valence-electron chi connectivity index (χ3n) is 7.06. The molecular formula is C39H56F3NO14. The Morgan fingerprint density at radius 1 is 0.509 bits per heavy atom. The van der Waals surface area contributed by atoms with Crippen molar-refractivity contribution >= 4 is 23.3 Å². The molecular weight excluding hydrogens is 763 g/mol. The van der Waals surface area contributed by atoms with Crippen molar-refractivity contribution in [3.05, 3.63) is 72.3 Å². The van der Waals surface area contributed by atoms with E-state index in [1.165, 1.54) is 18.2 Å². The lowest BCUT2D eigenvalue weighted by atomic mass is 10.1. The van der Waals surface area contributed by atoms with E-state index in [-0.39, 0.29) is 31.1 Å². The van der Waals surface area contributed by atoms with Crippen molar-refractivity contribution < 1.29 is 79.6 Å². The highest BCUT2D eigenvalue weighted by molar-refractivity contribution is 5.96. The van der Waals surface area contributed by atoms with E-state index in [2.05, 4.69) is 11.9 Å². The summed E-state index contributed by atoms with van der Waals surface area (Å²) in [5.74, 6) is -1.11. The number of nitrogens with one attached hydrogen (secondary N) is 1. The fraction of sp³-hybridized carbons (Fsp3) is 0.590. The second-order valence-electron chi connectivity index (χ2n) is 11.4. The molecule has 0 spiro atoms. The van der Waals surface area contributed by atoms with Crippen LogP contribution in [0, 0.1) is 0 Å². The van der Waals surface area contributed by atoms with E-state index >= 15 is 0 Å². The Hall–Kier alpha value is -3.69.